The van der Waals surface area contributed by atoms with Gasteiger partial charge in [0.15, 0.2) is 0 Å². The predicted octanol–water partition coefficient (Wildman–Crippen LogP) is 1.18. The maximum absolute atomic E-state index is 5.23. The molecule has 0 fully saturated rings. The van der Waals surface area contributed by atoms with Gasteiger partial charge in [0.2, 0.25) is 0 Å². The van der Waals surface area contributed by atoms with Crippen molar-refractivity contribution in [1.82, 2.24) is 4.98 Å². The molecule has 0 aliphatic carbocycles. The van der Waals surface area contributed by atoms with Gasteiger partial charge in [0.05, 0.1) is 6.20 Å². The van der Waals surface area contributed by atoms with Gasteiger partial charge in [0.25, 0.3) is 0 Å². The first-order valence-corrected chi connectivity index (χ1v) is 3.06. The molecule has 1 aliphatic heterocycles. The van der Waals surface area contributed by atoms with Crippen LogP contribution in [-0.2, 0) is 0 Å². The van der Waals surface area contributed by atoms with E-state index < -0.39 is 0 Å². The molecule has 0 amide bonds. The summed E-state index contributed by atoms with van der Waals surface area (Å²) in [6, 6.07) is 1.81. The molecule has 0 saturated heterocycles. The van der Waals surface area contributed by atoms with E-state index in [1.54, 1.807) is 18.6 Å². The molecule has 1 aromatic heterocycles. The average Bonchev–Trinajstić information content (AvgIpc) is 2.05. The van der Waals surface area contributed by atoms with E-state index in [4.69, 9.17) is 4.74 Å². The van der Waals surface area contributed by atoms with Gasteiger partial charge in [-0.25, -0.2) is 0 Å². The quantitative estimate of drug-likeness (QED) is 0.534. The van der Waals surface area contributed by atoms with Crippen LogP contribution < -0.4 is 4.74 Å². The molecule has 0 N–H and O–H groups in total. The summed E-state index contributed by atoms with van der Waals surface area (Å²) in [6.45, 7) is 0.566. The number of fused-ring (bicyclic) bond motifs is 1. The van der Waals surface area contributed by atoms with E-state index in [2.05, 4.69) is 9.98 Å². The smallest absolute Gasteiger partial charge is 0.148 e. The second-order valence-corrected chi connectivity index (χ2v) is 1.97. The molecule has 50 valence electrons. The topological polar surface area (TPSA) is 34.5 Å². The van der Waals surface area contributed by atoms with E-state index in [1.807, 2.05) is 6.07 Å². The van der Waals surface area contributed by atoms with Crippen molar-refractivity contribution in [3.63, 3.8) is 0 Å². The minimum atomic E-state index is 0.566. The lowest BCUT2D eigenvalue weighted by molar-refractivity contribution is 0.376. The van der Waals surface area contributed by atoms with Crippen LogP contribution in [0.25, 0.3) is 0 Å². The van der Waals surface area contributed by atoms with Crippen molar-refractivity contribution in [3.8, 4) is 5.75 Å². The van der Waals surface area contributed by atoms with Crippen LogP contribution in [0.5, 0.6) is 5.75 Å². The van der Waals surface area contributed by atoms with E-state index in [0.29, 0.717) is 6.61 Å². The van der Waals surface area contributed by atoms with E-state index in [-0.39, 0.29) is 0 Å². The number of rotatable bonds is 0. The lowest BCUT2D eigenvalue weighted by Crippen LogP contribution is -2.02. The van der Waals surface area contributed by atoms with E-state index in [9.17, 15) is 0 Å². The van der Waals surface area contributed by atoms with Crippen molar-refractivity contribution >= 4 is 11.9 Å². The second-order valence-electron chi connectivity index (χ2n) is 1.97. The molecule has 10 heavy (non-hydrogen) atoms. The Labute approximate surface area is 58.4 Å². The van der Waals surface area contributed by atoms with Gasteiger partial charge < -0.3 is 4.74 Å². The van der Waals surface area contributed by atoms with Crippen molar-refractivity contribution in [1.29, 1.82) is 0 Å². The summed E-state index contributed by atoms with van der Waals surface area (Å²) in [4.78, 5) is 7.98. The molecule has 2 rings (SSSR count). The Morgan fingerprint density at radius 3 is 3.40 bits per heavy atom. The summed E-state index contributed by atoms with van der Waals surface area (Å²) < 4.78 is 5.23. The van der Waals surface area contributed by atoms with E-state index in [0.717, 1.165) is 11.4 Å². The SMILES string of the molecule is C1=Nc2cnccc2OC1. The highest BCUT2D eigenvalue weighted by Crippen LogP contribution is 2.26. The zero-order chi connectivity index (χ0) is 6.81. The Hall–Kier alpha value is -1.38. The Bertz CT molecular complexity index is 270. The summed E-state index contributed by atoms with van der Waals surface area (Å²) in [6.07, 6.45) is 5.11. The molecule has 0 bridgehead atoms. The van der Waals surface area contributed by atoms with Gasteiger partial charge in [-0.3, -0.25) is 9.98 Å². The number of hydrogen-bond acceptors (Lipinski definition) is 3. The number of pyridine rings is 1. The lowest BCUT2D eigenvalue weighted by atomic mass is 10.4. The van der Waals surface area contributed by atoms with Gasteiger partial charge in [-0.15, -0.1) is 0 Å². The molecule has 0 aromatic carbocycles. The molecule has 0 unspecified atom stereocenters. The fourth-order valence-corrected chi connectivity index (χ4v) is 0.855. The van der Waals surface area contributed by atoms with E-state index >= 15 is 0 Å². The van der Waals surface area contributed by atoms with Crippen LogP contribution >= 0.6 is 0 Å². The number of aromatic nitrogens is 1. The van der Waals surface area contributed by atoms with Crippen LogP contribution in [0, 0.1) is 0 Å². The molecule has 0 atom stereocenters. The fourth-order valence-electron chi connectivity index (χ4n) is 0.855. The van der Waals surface area contributed by atoms with Crippen LogP contribution in [0.1, 0.15) is 0 Å². The lowest BCUT2D eigenvalue weighted by Gasteiger charge is -2.08. The van der Waals surface area contributed by atoms with Crippen LogP contribution in [0.15, 0.2) is 23.5 Å². The van der Waals surface area contributed by atoms with Gasteiger partial charge in [-0.05, 0) is 0 Å². The fraction of sp³-hybridized carbons (Fsp3) is 0.143. The highest BCUT2D eigenvalue weighted by Gasteiger charge is 2.03. The monoisotopic (exact) mass is 134 g/mol. The van der Waals surface area contributed by atoms with Crippen LogP contribution in [0.4, 0.5) is 5.69 Å². The Morgan fingerprint density at radius 1 is 1.50 bits per heavy atom. The highest BCUT2D eigenvalue weighted by molar-refractivity contribution is 5.69. The van der Waals surface area contributed by atoms with Crippen molar-refractivity contribution in [2.45, 2.75) is 0 Å². The molecule has 0 spiro atoms. The van der Waals surface area contributed by atoms with E-state index in [1.165, 1.54) is 0 Å². The summed E-state index contributed by atoms with van der Waals surface area (Å²) in [5.41, 5.74) is 0.814. The molecular formula is C7H6N2O. The van der Waals surface area contributed by atoms with Crippen LogP contribution in [-0.4, -0.2) is 17.8 Å². The molecule has 2 heterocycles. The predicted molar refractivity (Wildman–Crippen MR) is 37.9 cm³/mol. The third-order valence-corrected chi connectivity index (χ3v) is 1.30. The second kappa shape index (κ2) is 2.10. The third kappa shape index (κ3) is 0.757. The highest BCUT2D eigenvalue weighted by atomic mass is 16.5. The first-order chi connectivity index (χ1) is 4.97. The zero-order valence-electron chi connectivity index (χ0n) is 5.32. The molecule has 1 aromatic rings. The summed E-state index contributed by atoms with van der Waals surface area (Å²) in [5, 5.41) is 0. The largest absolute Gasteiger partial charge is 0.486 e. The molecule has 3 nitrogen and oxygen atoms in total. The van der Waals surface area contributed by atoms with Crippen LogP contribution in [0.2, 0.25) is 0 Å². The average molecular weight is 134 g/mol. The standard InChI is InChI=1S/C7H6N2O/c1-2-8-5-6-7(1)10-4-3-9-6/h1-3,5H,4H2. The summed E-state index contributed by atoms with van der Waals surface area (Å²) in [7, 11) is 0. The van der Waals surface area contributed by atoms with Gasteiger partial charge in [0.1, 0.15) is 18.0 Å². The number of hydrogen-bond donors (Lipinski definition) is 0. The zero-order valence-corrected chi connectivity index (χ0v) is 5.32. The Kier molecular flexibility index (Phi) is 1.13. The van der Waals surface area contributed by atoms with Crippen molar-refractivity contribution in [2.75, 3.05) is 6.61 Å². The number of ether oxygens (including phenoxy) is 1. The van der Waals surface area contributed by atoms with Crippen molar-refractivity contribution < 1.29 is 4.74 Å². The van der Waals surface area contributed by atoms with Gasteiger partial charge in [-0.2, -0.15) is 0 Å². The maximum atomic E-state index is 5.23. The van der Waals surface area contributed by atoms with Gasteiger partial charge in [0, 0.05) is 18.5 Å². The number of aliphatic imine (C=N–C) groups is 1. The normalized spacial score (nSPS) is 14.0. The minimum Gasteiger partial charge on any atom is -0.486 e. The summed E-state index contributed by atoms with van der Waals surface area (Å²) in [5.74, 6) is 0.817. The van der Waals surface area contributed by atoms with Crippen LogP contribution in [0.3, 0.4) is 0 Å². The van der Waals surface area contributed by atoms with Gasteiger partial charge in [-0.1, -0.05) is 0 Å². The summed E-state index contributed by atoms with van der Waals surface area (Å²) >= 11 is 0. The number of nitrogens with zero attached hydrogens (tertiary/aromatic N) is 2. The van der Waals surface area contributed by atoms with Gasteiger partial charge >= 0.3 is 0 Å². The molecule has 1 aliphatic rings. The third-order valence-electron chi connectivity index (χ3n) is 1.30. The van der Waals surface area contributed by atoms with Crippen molar-refractivity contribution in [2.24, 2.45) is 4.99 Å². The maximum Gasteiger partial charge on any atom is 0.148 e. The first kappa shape index (κ1) is 5.41. The first-order valence-electron chi connectivity index (χ1n) is 3.06. The Balaban J connectivity index is 2.54. The van der Waals surface area contributed by atoms with Crippen molar-refractivity contribution in [3.05, 3.63) is 18.5 Å². The minimum absolute atomic E-state index is 0.566. The molecule has 0 saturated carbocycles. The molecule has 3 heteroatoms. The molecular weight excluding hydrogens is 128 g/mol. The molecule has 0 radical (unpaired) electrons. The Morgan fingerprint density at radius 2 is 2.50 bits per heavy atom.